The average molecular weight is 375 g/mol. The van der Waals surface area contributed by atoms with Crippen LogP contribution in [0.2, 0.25) is 0 Å². The number of aromatic nitrogens is 4. The maximum atomic E-state index is 5.89. The van der Waals surface area contributed by atoms with Crippen molar-refractivity contribution in [2.45, 2.75) is 11.8 Å². The minimum atomic E-state index is 0.519. The number of nitrogens with one attached hydrogen (secondary N) is 1. The van der Waals surface area contributed by atoms with Gasteiger partial charge in [-0.15, -0.1) is 0 Å². The van der Waals surface area contributed by atoms with E-state index < -0.39 is 0 Å². The van der Waals surface area contributed by atoms with E-state index in [9.17, 15) is 0 Å². The first-order valence-corrected chi connectivity index (χ1v) is 9.60. The highest BCUT2D eigenvalue weighted by molar-refractivity contribution is 7.98. The van der Waals surface area contributed by atoms with Gasteiger partial charge in [0.1, 0.15) is 29.7 Å². The maximum absolute atomic E-state index is 5.89. The zero-order valence-corrected chi connectivity index (χ0v) is 15.5. The second-order valence-corrected chi connectivity index (χ2v) is 6.51. The lowest BCUT2D eigenvalue weighted by molar-refractivity contribution is 0.306. The molecule has 2 aromatic carbocycles. The van der Waals surface area contributed by atoms with E-state index in [2.05, 4.69) is 25.3 Å². The molecule has 4 rings (SSSR count). The lowest BCUT2D eigenvalue weighted by atomic mass is 10.2. The van der Waals surface area contributed by atoms with Crippen molar-refractivity contribution in [2.24, 2.45) is 0 Å². The zero-order chi connectivity index (χ0) is 18.5. The van der Waals surface area contributed by atoms with Crippen molar-refractivity contribution in [2.75, 3.05) is 11.6 Å². The van der Waals surface area contributed by atoms with Gasteiger partial charge in [0.2, 0.25) is 0 Å². The number of thioether (sulfide) groups is 1. The van der Waals surface area contributed by atoms with E-state index >= 15 is 0 Å². The Balaban J connectivity index is 1.55. The second-order valence-electron chi connectivity index (χ2n) is 5.74. The Bertz CT molecular complexity index is 1060. The van der Waals surface area contributed by atoms with Crippen LogP contribution >= 0.6 is 11.8 Å². The van der Waals surface area contributed by atoms with Gasteiger partial charge >= 0.3 is 0 Å². The molecule has 2 heterocycles. The summed E-state index contributed by atoms with van der Waals surface area (Å²) in [5, 5.41) is 3.99. The van der Waals surface area contributed by atoms with E-state index in [1.807, 2.05) is 60.9 Å². The lowest BCUT2D eigenvalue weighted by Gasteiger charge is -2.10. The summed E-state index contributed by atoms with van der Waals surface area (Å²) in [6.45, 7) is 0.519. The van der Waals surface area contributed by atoms with Gasteiger partial charge in [-0.25, -0.2) is 19.9 Å². The molecule has 0 bridgehead atoms. The van der Waals surface area contributed by atoms with Crippen LogP contribution in [0.15, 0.2) is 72.3 Å². The van der Waals surface area contributed by atoms with Crippen LogP contribution < -0.4 is 10.1 Å². The predicted octanol–water partition coefficient (Wildman–Crippen LogP) is 4.46. The van der Waals surface area contributed by atoms with Crippen molar-refractivity contribution >= 4 is 34.3 Å². The highest BCUT2D eigenvalue weighted by Crippen LogP contribution is 2.25. The summed E-state index contributed by atoms with van der Waals surface area (Å²) < 4.78 is 5.89. The van der Waals surface area contributed by atoms with Crippen LogP contribution in [0.5, 0.6) is 5.75 Å². The summed E-state index contributed by atoms with van der Waals surface area (Å²) in [6, 6.07) is 17.8. The number of fused-ring (bicyclic) bond motifs is 1. The lowest BCUT2D eigenvalue weighted by Crippen LogP contribution is -2.00. The third-order valence-corrected chi connectivity index (χ3v) is 4.44. The molecule has 0 aliphatic carbocycles. The van der Waals surface area contributed by atoms with E-state index in [1.54, 1.807) is 6.20 Å². The van der Waals surface area contributed by atoms with Crippen LogP contribution in [0.25, 0.3) is 11.0 Å². The number of rotatable bonds is 6. The molecule has 7 heteroatoms. The number of hydrogen-bond acceptors (Lipinski definition) is 7. The van der Waals surface area contributed by atoms with Crippen LogP contribution in [0.3, 0.4) is 0 Å². The Hall–Kier alpha value is -3.19. The van der Waals surface area contributed by atoms with Crippen molar-refractivity contribution in [3.05, 3.63) is 72.7 Å². The van der Waals surface area contributed by atoms with Gasteiger partial charge in [-0.2, -0.15) is 0 Å². The largest absolute Gasteiger partial charge is 0.489 e. The van der Waals surface area contributed by atoms with E-state index in [1.165, 1.54) is 18.1 Å². The molecule has 0 radical (unpaired) electrons. The van der Waals surface area contributed by atoms with E-state index in [0.717, 1.165) is 17.0 Å². The van der Waals surface area contributed by atoms with Crippen LogP contribution in [0.1, 0.15) is 5.56 Å². The van der Waals surface area contributed by atoms with E-state index in [-0.39, 0.29) is 0 Å². The van der Waals surface area contributed by atoms with E-state index in [0.29, 0.717) is 28.6 Å². The van der Waals surface area contributed by atoms with Crippen LogP contribution in [0, 0.1) is 0 Å². The van der Waals surface area contributed by atoms with Crippen molar-refractivity contribution in [3.63, 3.8) is 0 Å². The molecule has 4 aromatic rings. The summed E-state index contributed by atoms with van der Waals surface area (Å²) in [7, 11) is 0. The van der Waals surface area contributed by atoms with Gasteiger partial charge in [-0.05, 0) is 24.0 Å². The zero-order valence-electron chi connectivity index (χ0n) is 14.7. The minimum absolute atomic E-state index is 0.519. The third-order valence-electron chi connectivity index (χ3n) is 3.88. The number of ether oxygens (including phenoxy) is 1. The minimum Gasteiger partial charge on any atom is -0.489 e. The van der Waals surface area contributed by atoms with Gasteiger partial charge in [0, 0.05) is 11.8 Å². The summed E-state index contributed by atoms with van der Waals surface area (Å²) in [6.07, 6.45) is 5.15. The molecule has 1 N–H and O–H groups in total. The molecule has 2 aromatic heterocycles. The van der Waals surface area contributed by atoms with Gasteiger partial charge < -0.3 is 10.1 Å². The van der Waals surface area contributed by atoms with Crippen molar-refractivity contribution in [3.8, 4) is 5.75 Å². The fourth-order valence-corrected chi connectivity index (χ4v) is 2.91. The van der Waals surface area contributed by atoms with Gasteiger partial charge in [0.15, 0.2) is 11.0 Å². The molecule has 0 saturated carbocycles. The molecule has 27 heavy (non-hydrogen) atoms. The first kappa shape index (κ1) is 17.2. The molecule has 0 unspecified atom stereocenters. The summed E-state index contributed by atoms with van der Waals surface area (Å²) in [4.78, 5) is 17.3. The summed E-state index contributed by atoms with van der Waals surface area (Å²) in [5.74, 6) is 1.42. The maximum Gasteiger partial charge on any atom is 0.188 e. The molecular formula is C20H17N5OS. The van der Waals surface area contributed by atoms with Crippen LogP contribution in [0.4, 0.5) is 11.5 Å². The molecule has 0 aliphatic heterocycles. The summed E-state index contributed by atoms with van der Waals surface area (Å²) >= 11 is 1.48. The quantitative estimate of drug-likeness (QED) is 0.394. The Labute approximate surface area is 161 Å². The van der Waals surface area contributed by atoms with Crippen LogP contribution in [-0.2, 0) is 6.61 Å². The first-order chi connectivity index (χ1) is 13.3. The molecule has 6 nitrogen and oxygen atoms in total. The molecule has 0 aliphatic rings. The summed E-state index contributed by atoms with van der Waals surface area (Å²) in [5.41, 5.74) is 3.37. The number of benzene rings is 2. The Morgan fingerprint density at radius 1 is 1.00 bits per heavy atom. The third kappa shape index (κ3) is 4.15. The second kappa shape index (κ2) is 8.01. The Morgan fingerprint density at radius 3 is 2.74 bits per heavy atom. The molecule has 0 amide bonds. The van der Waals surface area contributed by atoms with Crippen molar-refractivity contribution < 1.29 is 4.74 Å². The highest BCUT2D eigenvalue weighted by atomic mass is 32.2. The topological polar surface area (TPSA) is 72.8 Å². The molecular weight excluding hydrogens is 358 g/mol. The first-order valence-electron chi connectivity index (χ1n) is 8.37. The van der Waals surface area contributed by atoms with Crippen molar-refractivity contribution in [1.29, 1.82) is 0 Å². The molecule has 0 saturated heterocycles. The average Bonchev–Trinajstić information content (AvgIpc) is 2.73. The number of anilines is 2. The Kier molecular flexibility index (Phi) is 5.11. The monoisotopic (exact) mass is 375 g/mol. The molecule has 0 fully saturated rings. The fourth-order valence-electron chi connectivity index (χ4n) is 2.57. The number of nitrogens with zero attached hydrogens (tertiary/aromatic N) is 4. The van der Waals surface area contributed by atoms with Gasteiger partial charge in [0.05, 0.1) is 6.20 Å². The van der Waals surface area contributed by atoms with Gasteiger partial charge in [-0.3, -0.25) is 0 Å². The van der Waals surface area contributed by atoms with E-state index in [4.69, 9.17) is 4.74 Å². The van der Waals surface area contributed by atoms with Gasteiger partial charge in [0.25, 0.3) is 0 Å². The van der Waals surface area contributed by atoms with Crippen molar-refractivity contribution in [1.82, 2.24) is 19.9 Å². The highest BCUT2D eigenvalue weighted by Gasteiger charge is 2.08. The van der Waals surface area contributed by atoms with Crippen LogP contribution in [-0.4, -0.2) is 26.2 Å². The molecule has 0 atom stereocenters. The normalized spacial score (nSPS) is 10.7. The Morgan fingerprint density at radius 2 is 1.89 bits per heavy atom. The number of hydrogen-bond donors (Lipinski definition) is 1. The molecule has 0 spiro atoms. The fraction of sp³-hybridized carbons (Fsp3) is 0.100. The standard InChI is InChI=1S/C20H17N5OS/c1-27-20-21-11-17-18(25-20)19(23-13-22-17)24-15-8-5-9-16(10-15)26-12-14-6-3-2-4-7-14/h2-11,13H,12H2,1H3,(H,22,23,24). The SMILES string of the molecule is CSc1ncc2ncnc(Nc3cccc(OCc4ccccc4)c3)c2n1. The smallest absolute Gasteiger partial charge is 0.188 e. The van der Waals surface area contributed by atoms with Gasteiger partial charge in [-0.1, -0.05) is 48.2 Å². The predicted molar refractivity (Wildman–Crippen MR) is 107 cm³/mol. The molecule has 134 valence electrons.